The van der Waals surface area contributed by atoms with Crippen molar-refractivity contribution in [2.75, 3.05) is 12.0 Å². The van der Waals surface area contributed by atoms with Gasteiger partial charge in [-0.25, -0.2) is 8.42 Å². The van der Waals surface area contributed by atoms with Crippen LogP contribution in [0, 0.1) is 0 Å². The zero-order valence-corrected chi connectivity index (χ0v) is 13.2. The fourth-order valence-electron chi connectivity index (χ4n) is 2.46. The van der Waals surface area contributed by atoms with Gasteiger partial charge in [-0.2, -0.15) is 0 Å². The van der Waals surface area contributed by atoms with Crippen molar-refractivity contribution in [1.29, 1.82) is 0 Å². The van der Waals surface area contributed by atoms with E-state index >= 15 is 0 Å². The molecule has 1 atom stereocenters. The molecule has 0 heterocycles. The van der Waals surface area contributed by atoms with E-state index in [1.54, 1.807) is 0 Å². The van der Waals surface area contributed by atoms with E-state index in [4.69, 9.17) is 0 Å². The van der Waals surface area contributed by atoms with E-state index in [1.807, 2.05) is 43.3 Å². The Kier molecular flexibility index (Phi) is 5.15. The van der Waals surface area contributed by atoms with Crippen molar-refractivity contribution < 1.29 is 8.42 Å². The highest BCUT2D eigenvalue weighted by Crippen LogP contribution is 2.22. The van der Waals surface area contributed by atoms with Crippen molar-refractivity contribution in [2.24, 2.45) is 0 Å². The van der Waals surface area contributed by atoms with Gasteiger partial charge < -0.3 is 5.32 Å². The average Bonchev–Trinajstić information content (AvgIpc) is 2.45. The van der Waals surface area contributed by atoms with Gasteiger partial charge in [-0.15, -0.1) is 0 Å². The largest absolute Gasteiger partial charge is 0.303 e. The molecule has 0 saturated carbocycles. The third-order valence-corrected chi connectivity index (χ3v) is 4.38. The molecular formula is C17H21NO2S. The molecule has 21 heavy (non-hydrogen) atoms. The first-order chi connectivity index (χ1) is 9.96. The van der Waals surface area contributed by atoms with Crippen LogP contribution in [0.2, 0.25) is 0 Å². The van der Waals surface area contributed by atoms with Gasteiger partial charge >= 0.3 is 0 Å². The monoisotopic (exact) mass is 303 g/mol. The summed E-state index contributed by atoms with van der Waals surface area (Å²) in [6.07, 6.45) is 1.27. The third-order valence-electron chi connectivity index (χ3n) is 3.27. The second-order valence-corrected chi connectivity index (χ2v) is 7.60. The lowest BCUT2D eigenvalue weighted by Gasteiger charge is -2.24. The number of hydrogen-bond donors (Lipinski definition) is 1. The normalized spacial score (nSPS) is 13.3. The molecule has 112 valence electrons. The Morgan fingerprint density at radius 1 is 0.905 bits per heavy atom. The van der Waals surface area contributed by atoms with Crippen LogP contribution in [-0.4, -0.2) is 26.5 Å². The molecule has 0 fully saturated rings. The van der Waals surface area contributed by atoms with Crippen LogP contribution in [0.15, 0.2) is 60.7 Å². The second-order valence-electron chi connectivity index (χ2n) is 5.41. The van der Waals surface area contributed by atoms with E-state index in [1.165, 1.54) is 6.26 Å². The number of nitrogens with one attached hydrogen (secondary N) is 1. The molecule has 2 rings (SSSR count). The maximum Gasteiger partial charge on any atom is 0.148 e. The van der Waals surface area contributed by atoms with Crippen LogP contribution in [-0.2, 0) is 9.84 Å². The molecule has 0 aromatic heterocycles. The highest BCUT2D eigenvalue weighted by molar-refractivity contribution is 7.90. The van der Waals surface area contributed by atoms with Gasteiger partial charge in [-0.05, 0) is 18.1 Å². The van der Waals surface area contributed by atoms with E-state index in [2.05, 4.69) is 29.6 Å². The van der Waals surface area contributed by atoms with Gasteiger partial charge in [0.1, 0.15) is 9.84 Å². The maximum atomic E-state index is 11.5. The second kappa shape index (κ2) is 6.87. The minimum absolute atomic E-state index is 0.0100. The molecule has 4 heteroatoms. The number of hydrogen-bond acceptors (Lipinski definition) is 3. The molecule has 0 bridgehead atoms. The minimum Gasteiger partial charge on any atom is -0.303 e. The average molecular weight is 303 g/mol. The molecule has 1 unspecified atom stereocenters. The fourth-order valence-corrected chi connectivity index (χ4v) is 3.47. The SMILES string of the molecule is CC(CS(C)(=O)=O)NC(c1ccccc1)c1ccccc1. The molecule has 0 spiro atoms. The van der Waals surface area contributed by atoms with Gasteiger partial charge in [-0.3, -0.25) is 0 Å². The summed E-state index contributed by atoms with van der Waals surface area (Å²) in [4.78, 5) is 0. The van der Waals surface area contributed by atoms with Crippen LogP contribution >= 0.6 is 0 Å². The molecule has 3 nitrogen and oxygen atoms in total. The molecule has 2 aromatic rings. The van der Waals surface area contributed by atoms with Crippen LogP contribution in [0.1, 0.15) is 24.1 Å². The number of rotatable bonds is 6. The topological polar surface area (TPSA) is 46.2 Å². The Hall–Kier alpha value is -1.65. The van der Waals surface area contributed by atoms with Crippen LogP contribution in [0.4, 0.5) is 0 Å². The van der Waals surface area contributed by atoms with Gasteiger partial charge in [0, 0.05) is 12.3 Å². The minimum atomic E-state index is -3.00. The summed E-state index contributed by atoms with van der Waals surface area (Å²) in [7, 11) is -3.00. The van der Waals surface area contributed by atoms with Gasteiger partial charge in [0.05, 0.1) is 11.8 Å². The van der Waals surface area contributed by atoms with E-state index < -0.39 is 9.84 Å². The first-order valence-corrected chi connectivity index (χ1v) is 9.05. The van der Waals surface area contributed by atoms with Crippen molar-refractivity contribution in [3.63, 3.8) is 0 Å². The van der Waals surface area contributed by atoms with Gasteiger partial charge in [0.25, 0.3) is 0 Å². The summed E-state index contributed by atoms with van der Waals surface area (Å²) in [5.74, 6) is 0.128. The lowest BCUT2D eigenvalue weighted by Crippen LogP contribution is -2.36. The van der Waals surface area contributed by atoms with Gasteiger partial charge in [0.15, 0.2) is 0 Å². The van der Waals surface area contributed by atoms with E-state index in [9.17, 15) is 8.42 Å². The van der Waals surface area contributed by atoms with E-state index in [0.717, 1.165) is 11.1 Å². The lowest BCUT2D eigenvalue weighted by molar-refractivity contribution is 0.519. The highest BCUT2D eigenvalue weighted by Gasteiger charge is 2.18. The molecule has 2 aromatic carbocycles. The van der Waals surface area contributed by atoms with Crippen molar-refractivity contribution >= 4 is 9.84 Å². The Morgan fingerprint density at radius 2 is 1.33 bits per heavy atom. The van der Waals surface area contributed by atoms with Crippen molar-refractivity contribution in [3.8, 4) is 0 Å². The predicted molar refractivity (Wildman–Crippen MR) is 87.0 cm³/mol. The first kappa shape index (κ1) is 15.7. The van der Waals surface area contributed by atoms with Crippen LogP contribution in [0.3, 0.4) is 0 Å². The quantitative estimate of drug-likeness (QED) is 0.892. The van der Waals surface area contributed by atoms with E-state index in [0.29, 0.717) is 0 Å². The van der Waals surface area contributed by atoms with Gasteiger partial charge in [-0.1, -0.05) is 60.7 Å². The molecule has 0 aliphatic rings. The summed E-state index contributed by atoms with van der Waals surface area (Å²) in [6, 6.07) is 20.0. The Morgan fingerprint density at radius 3 is 1.71 bits per heavy atom. The lowest BCUT2D eigenvalue weighted by atomic mass is 9.98. The van der Waals surface area contributed by atoms with Crippen LogP contribution in [0.25, 0.3) is 0 Å². The summed E-state index contributed by atoms with van der Waals surface area (Å²) >= 11 is 0. The highest BCUT2D eigenvalue weighted by atomic mass is 32.2. The molecule has 0 saturated heterocycles. The standard InChI is InChI=1S/C17H21NO2S/c1-14(13-21(2,19)20)18-17(15-9-5-3-6-10-15)16-11-7-4-8-12-16/h3-12,14,17-18H,13H2,1-2H3. The molecule has 1 N–H and O–H groups in total. The Labute approximate surface area is 126 Å². The maximum absolute atomic E-state index is 11.5. The smallest absolute Gasteiger partial charge is 0.148 e. The Balaban J connectivity index is 2.25. The van der Waals surface area contributed by atoms with Crippen LogP contribution < -0.4 is 5.32 Å². The fraction of sp³-hybridized carbons (Fsp3) is 0.294. The summed E-state index contributed by atoms with van der Waals surface area (Å²) in [5, 5.41) is 3.43. The molecule has 0 amide bonds. The molecule has 0 aliphatic heterocycles. The van der Waals surface area contributed by atoms with Crippen molar-refractivity contribution in [2.45, 2.75) is 19.0 Å². The zero-order valence-electron chi connectivity index (χ0n) is 12.4. The van der Waals surface area contributed by atoms with Crippen molar-refractivity contribution in [1.82, 2.24) is 5.32 Å². The molecular weight excluding hydrogens is 282 g/mol. The number of benzene rings is 2. The summed E-state index contributed by atoms with van der Waals surface area (Å²) in [6.45, 7) is 1.90. The Bertz CT molecular complexity index is 614. The first-order valence-electron chi connectivity index (χ1n) is 6.99. The summed E-state index contributed by atoms with van der Waals surface area (Å²) in [5.41, 5.74) is 2.26. The molecule has 0 aliphatic carbocycles. The van der Waals surface area contributed by atoms with Crippen molar-refractivity contribution in [3.05, 3.63) is 71.8 Å². The van der Waals surface area contributed by atoms with E-state index in [-0.39, 0.29) is 17.8 Å². The number of sulfone groups is 1. The van der Waals surface area contributed by atoms with Crippen LogP contribution in [0.5, 0.6) is 0 Å². The predicted octanol–water partition coefficient (Wildman–Crippen LogP) is 2.80. The van der Waals surface area contributed by atoms with Gasteiger partial charge in [0.2, 0.25) is 0 Å². The third kappa shape index (κ3) is 4.99. The zero-order chi connectivity index (χ0) is 15.3. The summed E-state index contributed by atoms with van der Waals surface area (Å²) < 4.78 is 22.9. The molecule has 0 radical (unpaired) electrons.